The Morgan fingerprint density at radius 1 is 1.00 bits per heavy atom. The van der Waals surface area contributed by atoms with E-state index in [2.05, 4.69) is 12.1 Å². The van der Waals surface area contributed by atoms with Crippen LogP contribution >= 0.6 is 0 Å². The van der Waals surface area contributed by atoms with E-state index in [-0.39, 0.29) is 5.75 Å². The first-order valence-corrected chi connectivity index (χ1v) is 8.26. The highest BCUT2D eigenvalue weighted by Gasteiger charge is 2.09. The largest absolute Gasteiger partial charge is 0.507 e. The van der Waals surface area contributed by atoms with Crippen molar-refractivity contribution >= 4 is 5.71 Å². The molecule has 0 radical (unpaired) electrons. The summed E-state index contributed by atoms with van der Waals surface area (Å²) in [4.78, 5) is 0. The van der Waals surface area contributed by atoms with Crippen molar-refractivity contribution in [1.82, 2.24) is 0 Å². The summed E-state index contributed by atoms with van der Waals surface area (Å²) in [5.41, 5.74) is 2.39. The van der Waals surface area contributed by atoms with E-state index in [0.717, 1.165) is 6.42 Å². The summed E-state index contributed by atoms with van der Waals surface area (Å²) in [7, 11) is 0. The minimum atomic E-state index is 0.188. The van der Waals surface area contributed by atoms with Gasteiger partial charge in [0.25, 0.3) is 0 Å². The van der Waals surface area contributed by atoms with Gasteiger partial charge in [-0.25, -0.2) is 0 Å². The second-order valence-electron chi connectivity index (χ2n) is 5.62. The minimum Gasteiger partial charge on any atom is -0.507 e. The van der Waals surface area contributed by atoms with Gasteiger partial charge >= 0.3 is 0 Å². The van der Waals surface area contributed by atoms with Crippen LogP contribution < -0.4 is 0 Å². The molecule has 0 saturated carbocycles. The molecule has 0 bridgehead atoms. The van der Waals surface area contributed by atoms with Gasteiger partial charge in [0.15, 0.2) is 0 Å². The average Bonchev–Trinajstić information content (AvgIpc) is 2.50. The Kier molecular flexibility index (Phi) is 8.56. The maximum atomic E-state index is 9.87. The van der Waals surface area contributed by atoms with Crippen LogP contribution in [0.2, 0.25) is 0 Å². The molecule has 0 saturated heterocycles. The predicted molar refractivity (Wildman–Crippen MR) is 88.4 cm³/mol. The number of benzene rings is 1. The van der Waals surface area contributed by atoms with Gasteiger partial charge in [-0.05, 0) is 37.0 Å². The molecule has 3 heteroatoms. The number of hydrogen-bond acceptors (Lipinski definition) is 3. The van der Waals surface area contributed by atoms with Gasteiger partial charge in [0.1, 0.15) is 5.75 Å². The van der Waals surface area contributed by atoms with Crippen molar-refractivity contribution in [3.05, 3.63) is 29.3 Å². The molecule has 3 nitrogen and oxygen atoms in total. The highest BCUT2D eigenvalue weighted by Crippen LogP contribution is 2.22. The summed E-state index contributed by atoms with van der Waals surface area (Å²) in [6.07, 6.45) is 10.7. The van der Waals surface area contributed by atoms with Crippen molar-refractivity contribution in [2.75, 3.05) is 0 Å². The SMILES string of the molecule is CCCCCCCCCc1ccc(O)c(/C(CC)=N/O)c1. The van der Waals surface area contributed by atoms with Crippen LogP contribution in [-0.2, 0) is 6.42 Å². The van der Waals surface area contributed by atoms with E-state index in [0.29, 0.717) is 17.7 Å². The quantitative estimate of drug-likeness (QED) is 0.267. The van der Waals surface area contributed by atoms with Crippen LogP contribution in [0.4, 0.5) is 0 Å². The number of hydrogen-bond donors (Lipinski definition) is 2. The summed E-state index contributed by atoms with van der Waals surface area (Å²) >= 11 is 0. The topological polar surface area (TPSA) is 52.8 Å². The van der Waals surface area contributed by atoms with Crippen LogP contribution in [0.1, 0.15) is 76.3 Å². The van der Waals surface area contributed by atoms with Gasteiger partial charge in [0.05, 0.1) is 5.71 Å². The second-order valence-corrected chi connectivity index (χ2v) is 5.62. The highest BCUT2D eigenvalue weighted by atomic mass is 16.4. The predicted octanol–water partition coefficient (Wildman–Crippen LogP) is 5.27. The number of unbranched alkanes of at least 4 members (excludes halogenated alkanes) is 6. The summed E-state index contributed by atoms with van der Waals surface area (Å²) in [5.74, 6) is 0.188. The van der Waals surface area contributed by atoms with Crippen LogP contribution in [0.15, 0.2) is 23.4 Å². The molecule has 118 valence electrons. The zero-order chi connectivity index (χ0) is 15.5. The fraction of sp³-hybridized carbons (Fsp3) is 0.611. The summed E-state index contributed by atoms with van der Waals surface area (Å²) < 4.78 is 0. The molecule has 0 aliphatic carbocycles. The van der Waals surface area contributed by atoms with Crippen molar-refractivity contribution in [2.45, 2.75) is 71.6 Å². The standard InChI is InChI=1S/C18H29NO2/c1-3-5-6-7-8-9-10-11-15-12-13-18(20)16(14-15)17(4-2)19-21/h12-14,20-21H,3-11H2,1-2H3/b19-17+. The van der Waals surface area contributed by atoms with Crippen LogP contribution in [0, 0.1) is 0 Å². The van der Waals surface area contributed by atoms with E-state index in [1.54, 1.807) is 6.07 Å². The maximum absolute atomic E-state index is 9.87. The molecule has 1 aromatic carbocycles. The van der Waals surface area contributed by atoms with Crippen molar-refractivity contribution in [1.29, 1.82) is 0 Å². The van der Waals surface area contributed by atoms with E-state index in [4.69, 9.17) is 5.21 Å². The first-order chi connectivity index (χ1) is 10.2. The first kappa shape index (κ1) is 17.5. The fourth-order valence-corrected chi connectivity index (χ4v) is 2.57. The van der Waals surface area contributed by atoms with Crippen LogP contribution in [-0.4, -0.2) is 16.0 Å². The monoisotopic (exact) mass is 291 g/mol. The molecule has 1 rings (SSSR count). The van der Waals surface area contributed by atoms with Gasteiger partial charge in [-0.1, -0.05) is 63.6 Å². The maximum Gasteiger partial charge on any atom is 0.124 e. The van der Waals surface area contributed by atoms with E-state index >= 15 is 0 Å². The third-order valence-electron chi connectivity index (χ3n) is 3.90. The zero-order valence-electron chi connectivity index (χ0n) is 13.4. The number of phenolic OH excluding ortho intramolecular Hbond substituents is 1. The number of oxime groups is 1. The number of aromatic hydroxyl groups is 1. The van der Waals surface area contributed by atoms with Gasteiger partial charge in [-0.2, -0.15) is 0 Å². The van der Waals surface area contributed by atoms with Gasteiger partial charge in [0, 0.05) is 5.56 Å². The lowest BCUT2D eigenvalue weighted by molar-refractivity contribution is 0.318. The lowest BCUT2D eigenvalue weighted by atomic mass is 9.99. The molecule has 0 aromatic heterocycles. The molecule has 1 aromatic rings. The molecule has 0 atom stereocenters. The van der Waals surface area contributed by atoms with Crippen molar-refractivity contribution < 1.29 is 10.3 Å². The molecule has 0 amide bonds. The van der Waals surface area contributed by atoms with Gasteiger partial charge < -0.3 is 10.3 Å². The Hall–Kier alpha value is -1.51. The fourth-order valence-electron chi connectivity index (χ4n) is 2.57. The Morgan fingerprint density at radius 3 is 2.29 bits per heavy atom. The molecular formula is C18H29NO2. The van der Waals surface area contributed by atoms with Gasteiger partial charge in [0.2, 0.25) is 0 Å². The smallest absolute Gasteiger partial charge is 0.124 e. The van der Waals surface area contributed by atoms with E-state index < -0.39 is 0 Å². The minimum absolute atomic E-state index is 0.188. The second kappa shape index (κ2) is 10.3. The Bertz CT molecular complexity index is 441. The number of aryl methyl sites for hydroxylation is 1. The zero-order valence-corrected chi connectivity index (χ0v) is 13.4. The first-order valence-electron chi connectivity index (χ1n) is 8.26. The molecule has 0 heterocycles. The number of phenols is 1. The van der Waals surface area contributed by atoms with Gasteiger partial charge in [-0.3, -0.25) is 0 Å². The summed E-state index contributed by atoms with van der Waals surface area (Å²) in [6, 6.07) is 5.61. The lowest BCUT2D eigenvalue weighted by Gasteiger charge is -2.08. The molecule has 0 aliphatic heterocycles. The van der Waals surface area contributed by atoms with E-state index in [1.807, 2.05) is 19.1 Å². The molecular weight excluding hydrogens is 262 g/mol. The molecule has 0 unspecified atom stereocenters. The summed E-state index contributed by atoms with van der Waals surface area (Å²) in [5, 5.41) is 22.1. The lowest BCUT2D eigenvalue weighted by Crippen LogP contribution is -2.01. The Morgan fingerprint density at radius 2 is 1.67 bits per heavy atom. The Balaban J connectivity index is 2.44. The summed E-state index contributed by atoms with van der Waals surface area (Å²) in [6.45, 7) is 4.15. The molecule has 2 N–H and O–H groups in total. The number of rotatable bonds is 10. The number of nitrogens with zero attached hydrogens (tertiary/aromatic N) is 1. The van der Waals surface area contributed by atoms with Gasteiger partial charge in [-0.15, -0.1) is 0 Å². The molecule has 0 spiro atoms. The Labute approximate surface area is 128 Å². The molecule has 0 fully saturated rings. The third-order valence-corrected chi connectivity index (χ3v) is 3.90. The van der Waals surface area contributed by atoms with Crippen LogP contribution in [0.5, 0.6) is 5.75 Å². The van der Waals surface area contributed by atoms with E-state index in [1.165, 1.54) is 50.5 Å². The van der Waals surface area contributed by atoms with Crippen LogP contribution in [0.3, 0.4) is 0 Å². The van der Waals surface area contributed by atoms with Crippen molar-refractivity contribution in [3.63, 3.8) is 0 Å². The highest BCUT2D eigenvalue weighted by molar-refractivity contribution is 6.02. The third kappa shape index (κ3) is 6.19. The normalized spacial score (nSPS) is 11.8. The van der Waals surface area contributed by atoms with Crippen molar-refractivity contribution in [2.24, 2.45) is 5.16 Å². The van der Waals surface area contributed by atoms with E-state index in [9.17, 15) is 5.11 Å². The average molecular weight is 291 g/mol. The van der Waals surface area contributed by atoms with Crippen molar-refractivity contribution in [3.8, 4) is 5.75 Å². The van der Waals surface area contributed by atoms with Crippen LogP contribution in [0.25, 0.3) is 0 Å². The molecule has 0 aliphatic rings. The molecule has 21 heavy (non-hydrogen) atoms.